The van der Waals surface area contributed by atoms with E-state index in [1.54, 1.807) is 7.05 Å². The first kappa shape index (κ1) is 10.6. The zero-order valence-corrected chi connectivity index (χ0v) is 9.91. The molecule has 4 fully saturated rings. The van der Waals surface area contributed by atoms with Crippen LogP contribution in [0.2, 0.25) is 0 Å². The Kier molecular flexibility index (Phi) is 2.29. The van der Waals surface area contributed by atoms with Gasteiger partial charge >= 0.3 is 5.97 Å². The largest absolute Gasteiger partial charge is 0.480 e. The second kappa shape index (κ2) is 3.46. The molecule has 4 aliphatic carbocycles. The van der Waals surface area contributed by atoms with Crippen molar-refractivity contribution in [2.24, 2.45) is 23.2 Å². The SMILES string of the molecule is CN[C@@H](C(=O)O)C12CC3CC(CC(C3)C1)C2. The molecule has 16 heavy (non-hydrogen) atoms. The Morgan fingerprint density at radius 3 is 1.94 bits per heavy atom. The van der Waals surface area contributed by atoms with Crippen LogP contribution in [0.25, 0.3) is 0 Å². The Morgan fingerprint density at radius 1 is 1.19 bits per heavy atom. The van der Waals surface area contributed by atoms with Crippen molar-refractivity contribution in [2.75, 3.05) is 7.05 Å². The van der Waals surface area contributed by atoms with Crippen LogP contribution in [0.4, 0.5) is 0 Å². The molecule has 0 heterocycles. The van der Waals surface area contributed by atoms with E-state index < -0.39 is 5.97 Å². The van der Waals surface area contributed by atoms with Gasteiger partial charge in [0.15, 0.2) is 0 Å². The minimum Gasteiger partial charge on any atom is -0.480 e. The number of hydrogen-bond donors (Lipinski definition) is 2. The van der Waals surface area contributed by atoms with Crippen molar-refractivity contribution in [3.05, 3.63) is 0 Å². The topological polar surface area (TPSA) is 49.3 Å². The molecule has 3 nitrogen and oxygen atoms in total. The zero-order valence-electron chi connectivity index (χ0n) is 9.91. The van der Waals surface area contributed by atoms with Gasteiger partial charge in [0.05, 0.1) is 0 Å². The molecule has 3 heteroatoms. The van der Waals surface area contributed by atoms with E-state index in [4.69, 9.17) is 0 Å². The minimum atomic E-state index is -0.649. The van der Waals surface area contributed by atoms with Crippen LogP contribution in [-0.4, -0.2) is 24.2 Å². The molecule has 1 atom stereocenters. The van der Waals surface area contributed by atoms with Crippen molar-refractivity contribution in [3.8, 4) is 0 Å². The molecule has 4 bridgehead atoms. The van der Waals surface area contributed by atoms with E-state index in [0.29, 0.717) is 0 Å². The Hall–Kier alpha value is -0.570. The standard InChI is InChI=1S/C13H21NO2/c1-14-11(12(15)16)13-5-8-2-9(6-13)4-10(3-8)7-13/h8-11,14H,2-7H2,1H3,(H,15,16)/t8?,9?,10?,11-,13?/m0/s1. The molecular formula is C13H21NO2. The van der Waals surface area contributed by atoms with Crippen LogP contribution in [-0.2, 0) is 4.79 Å². The van der Waals surface area contributed by atoms with Gasteiger partial charge in [-0.1, -0.05) is 0 Å². The highest BCUT2D eigenvalue weighted by Crippen LogP contribution is 2.61. The van der Waals surface area contributed by atoms with E-state index in [2.05, 4.69) is 5.32 Å². The van der Waals surface area contributed by atoms with Crippen LogP contribution in [0, 0.1) is 23.2 Å². The minimum absolute atomic E-state index is 0.0787. The third-order valence-corrected chi connectivity index (χ3v) is 5.23. The molecule has 4 rings (SSSR count). The fourth-order valence-corrected chi connectivity index (χ4v) is 5.22. The second-order valence-electron chi connectivity index (χ2n) is 6.34. The van der Waals surface area contributed by atoms with Gasteiger partial charge in [-0.05, 0) is 68.7 Å². The summed E-state index contributed by atoms with van der Waals surface area (Å²) in [5, 5.41) is 12.4. The van der Waals surface area contributed by atoms with Gasteiger partial charge in [-0.15, -0.1) is 0 Å². The van der Waals surface area contributed by atoms with Gasteiger partial charge in [0.2, 0.25) is 0 Å². The lowest BCUT2D eigenvalue weighted by molar-refractivity contribution is -0.151. The predicted molar refractivity (Wildman–Crippen MR) is 61.1 cm³/mol. The molecule has 0 radical (unpaired) electrons. The van der Waals surface area contributed by atoms with Crippen LogP contribution in [0.3, 0.4) is 0 Å². The van der Waals surface area contributed by atoms with Crippen LogP contribution in [0.5, 0.6) is 0 Å². The fourth-order valence-electron chi connectivity index (χ4n) is 5.22. The first-order valence-corrected chi connectivity index (χ1v) is 6.53. The Morgan fingerprint density at radius 2 is 1.62 bits per heavy atom. The molecule has 2 N–H and O–H groups in total. The molecule has 4 saturated carbocycles. The lowest BCUT2D eigenvalue weighted by atomic mass is 9.47. The summed E-state index contributed by atoms with van der Waals surface area (Å²) in [6.07, 6.45) is 7.56. The number of rotatable bonds is 3. The summed E-state index contributed by atoms with van der Waals surface area (Å²) in [6, 6.07) is -0.319. The zero-order chi connectivity index (χ0) is 11.3. The Bertz CT molecular complexity index is 278. The number of carboxylic acids is 1. The molecule has 0 unspecified atom stereocenters. The molecule has 0 saturated heterocycles. The fraction of sp³-hybridized carbons (Fsp3) is 0.923. The maximum Gasteiger partial charge on any atom is 0.321 e. The molecule has 4 aliphatic rings. The summed E-state index contributed by atoms with van der Waals surface area (Å²) in [4.78, 5) is 11.4. The number of hydrogen-bond acceptors (Lipinski definition) is 2. The van der Waals surface area contributed by atoms with Crippen molar-refractivity contribution in [3.63, 3.8) is 0 Å². The molecule has 0 aromatic heterocycles. The quantitative estimate of drug-likeness (QED) is 0.768. The van der Waals surface area contributed by atoms with E-state index in [1.807, 2.05) is 0 Å². The van der Waals surface area contributed by atoms with Gasteiger partial charge in [-0.3, -0.25) is 4.79 Å². The molecule has 90 valence electrons. The lowest BCUT2D eigenvalue weighted by Gasteiger charge is -2.58. The molecule has 0 amide bonds. The molecule has 0 aromatic rings. The van der Waals surface area contributed by atoms with E-state index in [1.165, 1.54) is 19.3 Å². The van der Waals surface area contributed by atoms with Gasteiger partial charge in [0, 0.05) is 0 Å². The number of nitrogens with one attached hydrogen (secondary N) is 1. The van der Waals surface area contributed by atoms with Gasteiger partial charge in [-0.25, -0.2) is 0 Å². The summed E-state index contributed by atoms with van der Waals surface area (Å²) in [6.45, 7) is 0. The average Bonchev–Trinajstić information content (AvgIpc) is 2.14. The average molecular weight is 223 g/mol. The van der Waals surface area contributed by atoms with Gasteiger partial charge < -0.3 is 10.4 Å². The first-order chi connectivity index (χ1) is 7.63. The van der Waals surface area contributed by atoms with E-state index in [-0.39, 0.29) is 11.5 Å². The number of carboxylic acid groups (broad SMARTS) is 1. The highest BCUT2D eigenvalue weighted by Gasteiger charge is 2.55. The highest BCUT2D eigenvalue weighted by atomic mass is 16.4. The van der Waals surface area contributed by atoms with E-state index in [0.717, 1.165) is 37.0 Å². The first-order valence-electron chi connectivity index (χ1n) is 6.53. The van der Waals surface area contributed by atoms with Gasteiger partial charge in [0.1, 0.15) is 6.04 Å². The normalized spacial score (nSPS) is 46.9. The van der Waals surface area contributed by atoms with Crippen molar-refractivity contribution < 1.29 is 9.90 Å². The van der Waals surface area contributed by atoms with Crippen molar-refractivity contribution in [1.82, 2.24) is 5.32 Å². The summed E-state index contributed by atoms with van der Waals surface area (Å²) in [5.41, 5.74) is 0.0787. The Labute approximate surface area is 96.6 Å². The smallest absolute Gasteiger partial charge is 0.321 e. The molecule has 0 aromatic carbocycles. The van der Waals surface area contributed by atoms with Crippen molar-refractivity contribution in [1.29, 1.82) is 0 Å². The highest BCUT2D eigenvalue weighted by molar-refractivity contribution is 5.74. The number of likely N-dealkylation sites (N-methyl/N-ethyl adjacent to an activating group) is 1. The van der Waals surface area contributed by atoms with E-state index >= 15 is 0 Å². The maximum atomic E-state index is 11.4. The third kappa shape index (κ3) is 1.41. The summed E-state index contributed by atoms with van der Waals surface area (Å²) in [7, 11) is 1.80. The van der Waals surface area contributed by atoms with Crippen LogP contribution >= 0.6 is 0 Å². The lowest BCUT2D eigenvalue weighted by Crippen LogP contribution is -2.58. The van der Waals surface area contributed by atoms with Crippen molar-refractivity contribution >= 4 is 5.97 Å². The predicted octanol–water partition coefficient (Wildman–Crippen LogP) is 1.88. The van der Waals surface area contributed by atoms with Crippen LogP contribution < -0.4 is 5.32 Å². The molecule has 0 aliphatic heterocycles. The third-order valence-electron chi connectivity index (χ3n) is 5.23. The van der Waals surface area contributed by atoms with Gasteiger partial charge in [-0.2, -0.15) is 0 Å². The van der Waals surface area contributed by atoms with Gasteiger partial charge in [0.25, 0.3) is 0 Å². The van der Waals surface area contributed by atoms with E-state index in [9.17, 15) is 9.90 Å². The van der Waals surface area contributed by atoms with Crippen LogP contribution in [0.15, 0.2) is 0 Å². The summed E-state index contributed by atoms with van der Waals surface area (Å²) < 4.78 is 0. The number of aliphatic carboxylic acids is 1. The van der Waals surface area contributed by atoms with Crippen LogP contribution in [0.1, 0.15) is 38.5 Å². The Balaban J connectivity index is 1.90. The monoisotopic (exact) mass is 223 g/mol. The number of carbonyl (C=O) groups is 1. The second-order valence-corrected chi connectivity index (χ2v) is 6.34. The molecular weight excluding hydrogens is 202 g/mol. The van der Waals surface area contributed by atoms with Crippen molar-refractivity contribution in [2.45, 2.75) is 44.6 Å². The summed E-state index contributed by atoms with van der Waals surface area (Å²) in [5.74, 6) is 1.81. The molecule has 0 spiro atoms. The maximum absolute atomic E-state index is 11.4. The summed E-state index contributed by atoms with van der Waals surface area (Å²) >= 11 is 0.